The molecule has 144 valence electrons. The van der Waals surface area contributed by atoms with E-state index in [1.807, 2.05) is 6.92 Å². The van der Waals surface area contributed by atoms with Crippen LogP contribution in [0.2, 0.25) is 0 Å². The summed E-state index contributed by atoms with van der Waals surface area (Å²) < 4.78 is 4.76. The summed E-state index contributed by atoms with van der Waals surface area (Å²) in [4.78, 5) is 23.6. The molecule has 1 saturated carbocycles. The van der Waals surface area contributed by atoms with Crippen LogP contribution in [-0.2, 0) is 14.3 Å². The number of allylic oxidation sites excluding steroid dienone is 1. The lowest BCUT2D eigenvalue weighted by Crippen LogP contribution is -2.57. The molecule has 1 fully saturated rings. The first-order valence-corrected chi connectivity index (χ1v) is 9.32. The van der Waals surface area contributed by atoms with Crippen LogP contribution in [-0.4, -0.2) is 39.7 Å². The molecular formula is C20H28O6. The average Bonchev–Trinajstić information content (AvgIpc) is 2.88. The minimum absolute atomic E-state index is 0.00722. The van der Waals surface area contributed by atoms with E-state index in [4.69, 9.17) is 4.74 Å². The highest BCUT2D eigenvalue weighted by atomic mass is 16.6. The summed E-state index contributed by atoms with van der Waals surface area (Å²) >= 11 is 0. The Morgan fingerprint density at radius 3 is 2.62 bits per heavy atom. The Kier molecular flexibility index (Phi) is 4.78. The molecule has 1 heterocycles. The van der Waals surface area contributed by atoms with E-state index in [1.54, 1.807) is 6.08 Å². The van der Waals surface area contributed by atoms with Gasteiger partial charge in [-0.3, -0.25) is 0 Å². The van der Waals surface area contributed by atoms with Crippen molar-refractivity contribution in [2.24, 2.45) is 22.7 Å². The van der Waals surface area contributed by atoms with Crippen molar-refractivity contribution in [3.05, 3.63) is 23.3 Å². The zero-order valence-corrected chi connectivity index (χ0v) is 15.6. The van der Waals surface area contributed by atoms with Crippen molar-refractivity contribution in [3.63, 3.8) is 0 Å². The first-order valence-electron chi connectivity index (χ1n) is 9.32. The third-order valence-corrected chi connectivity index (χ3v) is 7.30. The summed E-state index contributed by atoms with van der Waals surface area (Å²) in [6.07, 6.45) is 4.51. The molecule has 0 spiro atoms. The number of ether oxygens (including phenoxy) is 1. The molecule has 0 unspecified atom stereocenters. The topological polar surface area (TPSA) is 104 Å². The fourth-order valence-corrected chi connectivity index (χ4v) is 5.51. The maximum Gasteiger partial charge on any atom is 0.336 e. The fourth-order valence-electron chi connectivity index (χ4n) is 5.51. The number of hydrogen-bond donors (Lipinski definition) is 3. The van der Waals surface area contributed by atoms with Gasteiger partial charge in [0.05, 0.1) is 6.10 Å². The molecule has 0 aromatic rings. The van der Waals surface area contributed by atoms with E-state index in [-0.39, 0.29) is 17.3 Å². The van der Waals surface area contributed by atoms with Crippen molar-refractivity contribution in [2.75, 3.05) is 0 Å². The summed E-state index contributed by atoms with van der Waals surface area (Å²) in [6, 6.07) is 0. The number of rotatable bonds is 4. The van der Waals surface area contributed by atoms with Gasteiger partial charge in [-0.25, -0.2) is 9.59 Å². The fraction of sp³-hybridized carbons (Fsp3) is 0.700. The Hall–Kier alpha value is -1.66. The number of aliphatic carboxylic acids is 1. The molecular weight excluding hydrogens is 336 g/mol. The molecule has 0 aromatic heterocycles. The van der Waals surface area contributed by atoms with Crippen molar-refractivity contribution in [3.8, 4) is 0 Å². The molecule has 6 nitrogen and oxygen atoms in total. The van der Waals surface area contributed by atoms with Crippen molar-refractivity contribution in [1.29, 1.82) is 0 Å². The standard InChI is InChI=1S/C20H28O6/c1-11-9-15(21)20(3)13(17(23)24)5-4-6-14(20)19(11,2)8-7-12-10-16(22)26-18(12)25/h5,10-11,14-16,21-22H,4,6-9H2,1-3H3,(H,23,24)/t11-,14-,15-,16-,19+,20+/m1/s1. The lowest BCUT2D eigenvalue weighted by Gasteiger charge is -2.59. The molecule has 6 atom stereocenters. The Morgan fingerprint density at radius 1 is 1.35 bits per heavy atom. The van der Waals surface area contributed by atoms with E-state index in [2.05, 4.69) is 13.8 Å². The van der Waals surface area contributed by atoms with Crippen molar-refractivity contribution >= 4 is 11.9 Å². The van der Waals surface area contributed by atoms with Crippen LogP contribution < -0.4 is 0 Å². The quantitative estimate of drug-likeness (QED) is 0.662. The lowest BCUT2D eigenvalue weighted by atomic mass is 9.45. The van der Waals surface area contributed by atoms with Gasteiger partial charge in [0.25, 0.3) is 0 Å². The van der Waals surface area contributed by atoms with Crippen LogP contribution in [0.3, 0.4) is 0 Å². The number of cyclic esters (lactones) is 1. The summed E-state index contributed by atoms with van der Waals surface area (Å²) in [5.41, 5.74) is -0.231. The smallest absolute Gasteiger partial charge is 0.336 e. The zero-order valence-electron chi connectivity index (χ0n) is 15.6. The third-order valence-electron chi connectivity index (χ3n) is 7.30. The van der Waals surface area contributed by atoms with Crippen molar-refractivity contribution < 1.29 is 29.6 Å². The largest absolute Gasteiger partial charge is 0.478 e. The number of aliphatic hydroxyl groups excluding tert-OH is 2. The van der Waals surface area contributed by atoms with Gasteiger partial charge in [-0.2, -0.15) is 0 Å². The molecule has 0 saturated heterocycles. The lowest BCUT2D eigenvalue weighted by molar-refractivity contribution is -0.151. The monoisotopic (exact) mass is 364 g/mol. The molecule has 3 N–H and O–H groups in total. The second-order valence-corrected chi connectivity index (χ2v) is 8.48. The number of carboxylic acids is 1. The third kappa shape index (κ3) is 2.79. The Balaban J connectivity index is 1.91. The first-order chi connectivity index (χ1) is 12.1. The zero-order chi connectivity index (χ0) is 19.3. The molecule has 1 aliphatic heterocycles. The normalized spacial score (nSPS) is 42.6. The second-order valence-electron chi connectivity index (χ2n) is 8.48. The average molecular weight is 364 g/mol. The summed E-state index contributed by atoms with van der Waals surface area (Å²) in [5, 5.41) is 30.0. The molecule has 0 aromatic carbocycles. The SMILES string of the molecule is C[C@@H]1C[C@@H](O)[C@@]2(C)C(C(=O)O)=CCC[C@@H]2[C@@]1(C)CCC1=C[C@H](O)OC1=O. The predicted octanol–water partition coefficient (Wildman–Crippen LogP) is 2.40. The Labute approximate surface area is 153 Å². The van der Waals surface area contributed by atoms with Gasteiger partial charge in [-0.05, 0) is 55.4 Å². The number of esters is 1. The van der Waals surface area contributed by atoms with Crippen LogP contribution in [0.4, 0.5) is 0 Å². The van der Waals surface area contributed by atoms with E-state index in [0.717, 1.165) is 6.42 Å². The van der Waals surface area contributed by atoms with E-state index >= 15 is 0 Å². The van der Waals surface area contributed by atoms with E-state index in [9.17, 15) is 24.9 Å². The van der Waals surface area contributed by atoms with Gasteiger partial charge in [0.2, 0.25) is 6.29 Å². The summed E-state index contributed by atoms with van der Waals surface area (Å²) in [7, 11) is 0. The van der Waals surface area contributed by atoms with Gasteiger partial charge in [0.15, 0.2) is 0 Å². The summed E-state index contributed by atoms with van der Waals surface area (Å²) in [6.45, 7) is 6.12. The molecule has 26 heavy (non-hydrogen) atoms. The number of fused-ring (bicyclic) bond motifs is 1. The Bertz CT molecular complexity index is 680. The van der Waals surface area contributed by atoms with Gasteiger partial charge in [0.1, 0.15) is 0 Å². The number of carbonyl (C=O) groups is 2. The van der Waals surface area contributed by atoms with Gasteiger partial charge in [-0.15, -0.1) is 0 Å². The van der Waals surface area contributed by atoms with Crippen molar-refractivity contribution in [1.82, 2.24) is 0 Å². The van der Waals surface area contributed by atoms with Crippen LogP contribution in [0, 0.1) is 22.7 Å². The van der Waals surface area contributed by atoms with Gasteiger partial charge in [0, 0.05) is 16.6 Å². The van der Waals surface area contributed by atoms with E-state index in [1.165, 1.54) is 6.08 Å². The Morgan fingerprint density at radius 2 is 2.04 bits per heavy atom. The minimum atomic E-state index is -1.17. The van der Waals surface area contributed by atoms with E-state index in [0.29, 0.717) is 36.8 Å². The maximum absolute atomic E-state index is 11.8. The number of aliphatic hydroxyl groups is 2. The second kappa shape index (κ2) is 6.50. The molecule has 3 aliphatic rings. The maximum atomic E-state index is 11.8. The van der Waals surface area contributed by atoms with Gasteiger partial charge >= 0.3 is 11.9 Å². The van der Waals surface area contributed by atoms with Crippen LogP contribution in [0.1, 0.15) is 52.9 Å². The molecule has 0 bridgehead atoms. The van der Waals surface area contributed by atoms with Crippen LogP contribution in [0.5, 0.6) is 0 Å². The highest BCUT2D eigenvalue weighted by molar-refractivity contribution is 5.90. The van der Waals surface area contributed by atoms with Gasteiger partial charge < -0.3 is 20.1 Å². The van der Waals surface area contributed by atoms with Crippen molar-refractivity contribution in [2.45, 2.75) is 65.3 Å². The van der Waals surface area contributed by atoms with Crippen LogP contribution in [0.25, 0.3) is 0 Å². The number of hydrogen-bond acceptors (Lipinski definition) is 5. The minimum Gasteiger partial charge on any atom is -0.478 e. The molecule has 0 radical (unpaired) electrons. The highest BCUT2D eigenvalue weighted by Gasteiger charge is 2.59. The van der Waals surface area contributed by atoms with Crippen LogP contribution in [0.15, 0.2) is 23.3 Å². The van der Waals surface area contributed by atoms with Gasteiger partial charge in [-0.1, -0.05) is 26.8 Å². The number of carbonyl (C=O) groups excluding carboxylic acids is 1. The molecule has 3 rings (SSSR count). The first kappa shape index (κ1) is 19.1. The predicted molar refractivity (Wildman–Crippen MR) is 93.9 cm³/mol. The molecule has 0 amide bonds. The van der Waals surface area contributed by atoms with E-state index < -0.39 is 29.7 Å². The highest BCUT2D eigenvalue weighted by Crippen LogP contribution is 2.62. The molecule has 6 heteroatoms. The summed E-state index contributed by atoms with van der Waals surface area (Å²) in [5.74, 6) is -1.25. The molecule has 2 aliphatic carbocycles. The van der Waals surface area contributed by atoms with Crippen LogP contribution >= 0.6 is 0 Å². The number of carboxylic acid groups (broad SMARTS) is 1.